The zero-order valence-electron chi connectivity index (χ0n) is 7.63. The summed E-state index contributed by atoms with van der Waals surface area (Å²) < 4.78 is 2.90. The van der Waals surface area contributed by atoms with Crippen LogP contribution in [0.25, 0.3) is 0 Å². The molecule has 1 saturated heterocycles. The summed E-state index contributed by atoms with van der Waals surface area (Å²) in [5.41, 5.74) is 1.13. The minimum Gasteiger partial charge on any atom is -0.317 e. The maximum Gasteiger partial charge on any atom is 0.151 e. The monoisotopic (exact) mass is 244 g/mol. The second-order valence-electron chi connectivity index (χ2n) is 3.39. The minimum atomic E-state index is 0.528. The molecule has 5 heteroatoms. The van der Waals surface area contributed by atoms with Crippen LogP contribution in [0.1, 0.15) is 24.6 Å². The molecule has 1 fully saturated rings. The summed E-state index contributed by atoms with van der Waals surface area (Å²) in [6, 6.07) is 0.528. The van der Waals surface area contributed by atoms with Crippen molar-refractivity contribution in [3.05, 3.63) is 10.3 Å². The van der Waals surface area contributed by atoms with Gasteiger partial charge in [0, 0.05) is 0 Å². The van der Waals surface area contributed by atoms with Gasteiger partial charge in [0.05, 0.1) is 11.7 Å². The van der Waals surface area contributed by atoms with Gasteiger partial charge in [0.2, 0.25) is 0 Å². The molecule has 0 radical (unpaired) electrons. The Bertz CT molecular complexity index is 290. The van der Waals surface area contributed by atoms with Crippen LogP contribution < -0.4 is 5.32 Å². The maximum absolute atomic E-state index is 4.13. The molecule has 0 aromatic carbocycles. The van der Waals surface area contributed by atoms with Crippen LogP contribution in [0.5, 0.6) is 0 Å². The molecule has 0 atom stereocenters. The van der Waals surface area contributed by atoms with E-state index in [2.05, 4.69) is 31.6 Å². The third-order valence-corrected chi connectivity index (χ3v) is 3.26. The topological polar surface area (TPSA) is 42.7 Å². The summed E-state index contributed by atoms with van der Waals surface area (Å²) >= 11 is 3.37. The van der Waals surface area contributed by atoms with Crippen molar-refractivity contribution in [3.8, 4) is 0 Å². The third-order valence-electron chi connectivity index (χ3n) is 2.53. The van der Waals surface area contributed by atoms with Gasteiger partial charge in [0.15, 0.2) is 4.60 Å². The van der Waals surface area contributed by atoms with Gasteiger partial charge < -0.3 is 5.32 Å². The first-order valence-corrected chi connectivity index (χ1v) is 5.36. The summed E-state index contributed by atoms with van der Waals surface area (Å²) in [5, 5.41) is 11.5. The van der Waals surface area contributed by atoms with Crippen LogP contribution in [0, 0.1) is 6.92 Å². The third kappa shape index (κ3) is 1.76. The fourth-order valence-corrected chi connectivity index (χ4v) is 1.97. The van der Waals surface area contributed by atoms with E-state index in [1.807, 2.05) is 11.6 Å². The number of aromatic nitrogens is 3. The van der Waals surface area contributed by atoms with Crippen LogP contribution in [-0.2, 0) is 0 Å². The van der Waals surface area contributed by atoms with Crippen LogP contribution in [0.3, 0.4) is 0 Å². The quantitative estimate of drug-likeness (QED) is 0.810. The van der Waals surface area contributed by atoms with E-state index in [9.17, 15) is 0 Å². The molecule has 0 saturated carbocycles. The largest absolute Gasteiger partial charge is 0.317 e. The van der Waals surface area contributed by atoms with Crippen molar-refractivity contribution in [2.45, 2.75) is 25.8 Å². The molecule has 1 aromatic rings. The number of nitrogens with one attached hydrogen (secondary N) is 1. The summed E-state index contributed by atoms with van der Waals surface area (Å²) in [6.45, 7) is 4.22. The Morgan fingerprint density at radius 3 is 2.69 bits per heavy atom. The first-order valence-electron chi connectivity index (χ1n) is 4.57. The van der Waals surface area contributed by atoms with Gasteiger partial charge in [-0.3, -0.25) is 0 Å². The SMILES string of the molecule is Cc1c(Br)nnn1C1CCNCC1. The van der Waals surface area contributed by atoms with Crippen molar-refractivity contribution in [3.63, 3.8) is 0 Å². The van der Waals surface area contributed by atoms with Crippen LogP contribution in [-0.4, -0.2) is 28.1 Å². The molecule has 0 bridgehead atoms. The molecule has 1 aromatic heterocycles. The second-order valence-corrected chi connectivity index (χ2v) is 4.14. The lowest BCUT2D eigenvalue weighted by atomic mass is 10.1. The van der Waals surface area contributed by atoms with Crippen LogP contribution >= 0.6 is 15.9 Å². The Balaban J connectivity index is 2.18. The Labute approximate surface area is 85.8 Å². The van der Waals surface area contributed by atoms with E-state index in [-0.39, 0.29) is 0 Å². The molecular formula is C8H13BrN4. The first-order chi connectivity index (χ1) is 6.29. The molecular weight excluding hydrogens is 232 g/mol. The van der Waals surface area contributed by atoms with Crippen molar-refractivity contribution >= 4 is 15.9 Å². The lowest BCUT2D eigenvalue weighted by molar-refractivity contribution is 0.333. The molecule has 0 amide bonds. The number of piperidine rings is 1. The fourth-order valence-electron chi connectivity index (χ4n) is 1.72. The number of hydrogen-bond acceptors (Lipinski definition) is 3. The summed E-state index contributed by atoms with van der Waals surface area (Å²) in [5.74, 6) is 0. The maximum atomic E-state index is 4.13. The van der Waals surface area contributed by atoms with Gasteiger partial charge in [-0.15, -0.1) is 5.10 Å². The van der Waals surface area contributed by atoms with E-state index in [0.29, 0.717) is 6.04 Å². The van der Waals surface area contributed by atoms with Gasteiger partial charge in [-0.2, -0.15) is 0 Å². The van der Waals surface area contributed by atoms with E-state index >= 15 is 0 Å². The molecule has 1 N–H and O–H groups in total. The van der Waals surface area contributed by atoms with Crippen LogP contribution in [0.4, 0.5) is 0 Å². The van der Waals surface area contributed by atoms with Crippen molar-refractivity contribution in [2.75, 3.05) is 13.1 Å². The van der Waals surface area contributed by atoms with E-state index in [1.165, 1.54) is 0 Å². The van der Waals surface area contributed by atoms with Gasteiger partial charge in [-0.05, 0) is 48.8 Å². The molecule has 0 unspecified atom stereocenters. The van der Waals surface area contributed by atoms with E-state index in [0.717, 1.165) is 36.2 Å². The average Bonchev–Trinajstić information content (AvgIpc) is 2.49. The predicted octanol–water partition coefficient (Wildman–Crippen LogP) is 1.27. The van der Waals surface area contributed by atoms with Crippen molar-refractivity contribution in [1.82, 2.24) is 20.3 Å². The first kappa shape index (κ1) is 9.15. The zero-order chi connectivity index (χ0) is 9.26. The highest BCUT2D eigenvalue weighted by atomic mass is 79.9. The highest BCUT2D eigenvalue weighted by molar-refractivity contribution is 9.10. The Morgan fingerprint density at radius 2 is 2.15 bits per heavy atom. The summed E-state index contributed by atoms with van der Waals surface area (Å²) in [6.07, 6.45) is 2.30. The predicted molar refractivity (Wildman–Crippen MR) is 53.6 cm³/mol. The van der Waals surface area contributed by atoms with Gasteiger partial charge in [-0.1, -0.05) is 5.21 Å². The smallest absolute Gasteiger partial charge is 0.151 e. The molecule has 4 nitrogen and oxygen atoms in total. The number of nitrogens with zero attached hydrogens (tertiary/aromatic N) is 3. The average molecular weight is 245 g/mol. The fraction of sp³-hybridized carbons (Fsp3) is 0.750. The van der Waals surface area contributed by atoms with Gasteiger partial charge >= 0.3 is 0 Å². The van der Waals surface area contributed by atoms with E-state index in [4.69, 9.17) is 0 Å². The molecule has 2 rings (SSSR count). The van der Waals surface area contributed by atoms with Crippen LogP contribution in [0.2, 0.25) is 0 Å². The normalized spacial score (nSPS) is 19.2. The highest BCUT2D eigenvalue weighted by Crippen LogP contribution is 2.21. The second kappa shape index (κ2) is 3.75. The highest BCUT2D eigenvalue weighted by Gasteiger charge is 2.18. The Kier molecular flexibility index (Phi) is 2.64. The Morgan fingerprint density at radius 1 is 1.46 bits per heavy atom. The molecule has 1 aliphatic heterocycles. The molecule has 1 aliphatic rings. The van der Waals surface area contributed by atoms with Gasteiger partial charge in [-0.25, -0.2) is 4.68 Å². The van der Waals surface area contributed by atoms with Crippen LogP contribution in [0.15, 0.2) is 4.60 Å². The van der Waals surface area contributed by atoms with Crippen molar-refractivity contribution in [1.29, 1.82) is 0 Å². The molecule has 0 spiro atoms. The molecule has 72 valence electrons. The van der Waals surface area contributed by atoms with E-state index in [1.54, 1.807) is 0 Å². The molecule has 13 heavy (non-hydrogen) atoms. The molecule has 2 heterocycles. The number of halogens is 1. The number of rotatable bonds is 1. The van der Waals surface area contributed by atoms with Crippen molar-refractivity contribution in [2.24, 2.45) is 0 Å². The lowest BCUT2D eigenvalue weighted by Crippen LogP contribution is -2.30. The Hall–Kier alpha value is -0.420. The standard InChI is InChI=1S/C8H13BrN4/c1-6-8(9)11-12-13(6)7-2-4-10-5-3-7/h7,10H,2-5H2,1H3. The van der Waals surface area contributed by atoms with Crippen molar-refractivity contribution < 1.29 is 0 Å². The van der Waals surface area contributed by atoms with E-state index < -0.39 is 0 Å². The number of hydrogen-bond donors (Lipinski definition) is 1. The minimum absolute atomic E-state index is 0.528. The summed E-state index contributed by atoms with van der Waals surface area (Å²) in [4.78, 5) is 0. The zero-order valence-corrected chi connectivity index (χ0v) is 9.21. The van der Waals surface area contributed by atoms with Gasteiger partial charge in [0.25, 0.3) is 0 Å². The van der Waals surface area contributed by atoms with Gasteiger partial charge in [0.1, 0.15) is 0 Å². The summed E-state index contributed by atoms with van der Waals surface area (Å²) in [7, 11) is 0. The lowest BCUT2D eigenvalue weighted by Gasteiger charge is -2.23. The molecule has 0 aliphatic carbocycles.